The third-order valence-corrected chi connectivity index (χ3v) is 4.43. The third-order valence-electron chi connectivity index (χ3n) is 4.43. The van der Waals surface area contributed by atoms with Crippen LogP contribution in [0.15, 0.2) is 42.5 Å². The van der Waals surface area contributed by atoms with Gasteiger partial charge in [-0.2, -0.15) is 0 Å². The van der Waals surface area contributed by atoms with E-state index >= 15 is 0 Å². The number of hydrogen-bond acceptors (Lipinski definition) is 3. The molecule has 2 aromatic carbocycles. The van der Waals surface area contributed by atoms with Gasteiger partial charge in [0.2, 0.25) is 5.91 Å². The van der Waals surface area contributed by atoms with Crippen LogP contribution in [-0.4, -0.2) is 18.1 Å². The van der Waals surface area contributed by atoms with E-state index in [-0.39, 0.29) is 18.4 Å². The minimum absolute atomic E-state index is 0.0239. The Labute approximate surface area is 136 Å². The number of ether oxygens (including phenoxy) is 1. The zero-order valence-corrected chi connectivity index (χ0v) is 13.4. The zero-order valence-electron chi connectivity index (χ0n) is 13.4. The summed E-state index contributed by atoms with van der Waals surface area (Å²) in [5.74, 6) is 0.990. The highest BCUT2D eigenvalue weighted by atomic mass is 16.5. The molecule has 1 aliphatic rings. The van der Waals surface area contributed by atoms with E-state index in [0.29, 0.717) is 22.9 Å². The molecule has 1 amide bonds. The molecule has 2 unspecified atom stereocenters. The predicted octanol–water partition coefficient (Wildman–Crippen LogP) is 3.24. The predicted molar refractivity (Wildman–Crippen MR) is 89.6 cm³/mol. The van der Waals surface area contributed by atoms with E-state index in [2.05, 4.69) is 24.4 Å². The number of aliphatic hydroxyl groups excluding tert-OH is 1. The van der Waals surface area contributed by atoms with E-state index in [1.165, 1.54) is 11.1 Å². The van der Waals surface area contributed by atoms with E-state index in [4.69, 9.17) is 4.74 Å². The van der Waals surface area contributed by atoms with Gasteiger partial charge in [-0.25, -0.2) is 0 Å². The molecule has 3 rings (SSSR count). The summed E-state index contributed by atoms with van der Waals surface area (Å²) in [6, 6.07) is 13.5. The maximum absolute atomic E-state index is 12.4. The van der Waals surface area contributed by atoms with Crippen molar-refractivity contribution < 1.29 is 14.6 Å². The van der Waals surface area contributed by atoms with E-state index < -0.39 is 0 Å². The summed E-state index contributed by atoms with van der Waals surface area (Å²) in [5, 5.41) is 12.3. The highest BCUT2D eigenvalue weighted by Gasteiger charge is 2.44. The van der Waals surface area contributed by atoms with Crippen LogP contribution in [0.3, 0.4) is 0 Å². The van der Waals surface area contributed by atoms with Gasteiger partial charge in [-0.3, -0.25) is 4.79 Å². The molecule has 2 aromatic rings. The Kier molecular flexibility index (Phi) is 4.35. The maximum Gasteiger partial charge on any atom is 0.228 e. The van der Waals surface area contributed by atoms with Crippen molar-refractivity contribution >= 4 is 11.6 Å². The van der Waals surface area contributed by atoms with Gasteiger partial charge in [0.25, 0.3) is 0 Å². The fourth-order valence-electron chi connectivity index (χ4n) is 3.05. The second-order valence-electron chi connectivity index (χ2n) is 5.98. The molecule has 2 N–H and O–H groups in total. The number of carbonyl (C=O) groups excluding carboxylic acids is 1. The van der Waals surface area contributed by atoms with Crippen molar-refractivity contribution in [1.82, 2.24) is 0 Å². The number of rotatable bonds is 5. The van der Waals surface area contributed by atoms with E-state index in [1.807, 2.05) is 12.1 Å². The van der Waals surface area contributed by atoms with Crippen molar-refractivity contribution in [2.24, 2.45) is 5.92 Å². The van der Waals surface area contributed by atoms with Gasteiger partial charge in [0, 0.05) is 17.2 Å². The zero-order chi connectivity index (χ0) is 16.4. The lowest BCUT2D eigenvalue weighted by Gasteiger charge is -2.10. The Morgan fingerprint density at radius 3 is 2.78 bits per heavy atom. The molecule has 2 atom stereocenters. The molecule has 4 nitrogen and oxygen atoms in total. The summed E-state index contributed by atoms with van der Waals surface area (Å²) in [5.41, 5.74) is 3.85. The van der Waals surface area contributed by atoms with E-state index in [0.717, 1.165) is 6.42 Å². The SMILES string of the molecule is COc1ccc(NC(=O)C2CC2c2ccccc2C)cc1CO. The molecule has 1 fully saturated rings. The molecule has 0 aliphatic heterocycles. The number of benzene rings is 2. The minimum atomic E-state index is -0.123. The fourth-order valence-corrected chi connectivity index (χ4v) is 3.05. The first kappa shape index (κ1) is 15.6. The van der Waals surface area contributed by atoms with Gasteiger partial charge in [-0.15, -0.1) is 0 Å². The third kappa shape index (κ3) is 3.22. The number of hydrogen-bond donors (Lipinski definition) is 2. The Morgan fingerprint density at radius 1 is 1.30 bits per heavy atom. The maximum atomic E-state index is 12.4. The highest BCUT2D eigenvalue weighted by Crippen LogP contribution is 2.49. The first-order valence-corrected chi connectivity index (χ1v) is 7.78. The summed E-state index contributed by atoms with van der Waals surface area (Å²) < 4.78 is 5.17. The molecule has 0 spiro atoms. The summed E-state index contributed by atoms with van der Waals surface area (Å²) >= 11 is 0. The molecule has 120 valence electrons. The molecule has 0 aromatic heterocycles. The van der Waals surface area contributed by atoms with Crippen molar-refractivity contribution in [2.75, 3.05) is 12.4 Å². The number of aryl methyl sites for hydroxylation is 1. The minimum Gasteiger partial charge on any atom is -0.496 e. The van der Waals surface area contributed by atoms with Crippen LogP contribution in [0.2, 0.25) is 0 Å². The van der Waals surface area contributed by atoms with Gasteiger partial charge >= 0.3 is 0 Å². The fraction of sp³-hybridized carbons (Fsp3) is 0.316. The van der Waals surface area contributed by atoms with Crippen LogP contribution in [-0.2, 0) is 11.4 Å². The van der Waals surface area contributed by atoms with Crippen molar-refractivity contribution in [3.63, 3.8) is 0 Å². The number of nitrogens with one attached hydrogen (secondary N) is 1. The molecule has 4 heteroatoms. The standard InChI is InChI=1S/C19H21NO3/c1-12-5-3-4-6-15(12)16-10-17(16)19(22)20-14-7-8-18(23-2)13(9-14)11-21/h3-9,16-17,21H,10-11H2,1-2H3,(H,20,22). The molecule has 0 heterocycles. The van der Waals surface area contributed by atoms with Gasteiger partial charge in [0.15, 0.2) is 0 Å². The van der Waals surface area contributed by atoms with Crippen molar-refractivity contribution in [1.29, 1.82) is 0 Å². The normalized spacial score (nSPS) is 19.3. The quantitative estimate of drug-likeness (QED) is 0.891. The van der Waals surface area contributed by atoms with Crippen molar-refractivity contribution in [3.05, 3.63) is 59.2 Å². The van der Waals surface area contributed by atoms with Crippen LogP contribution in [0.1, 0.15) is 29.0 Å². The largest absolute Gasteiger partial charge is 0.496 e. The lowest BCUT2D eigenvalue weighted by Crippen LogP contribution is -2.15. The van der Waals surface area contributed by atoms with Crippen molar-refractivity contribution in [2.45, 2.75) is 25.9 Å². The Bertz CT molecular complexity index is 726. The average molecular weight is 311 g/mol. The van der Waals surface area contributed by atoms with Gasteiger partial charge in [0.1, 0.15) is 5.75 Å². The molecule has 23 heavy (non-hydrogen) atoms. The van der Waals surface area contributed by atoms with Crippen LogP contribution in [0.5, 0.6) is 5.75 Å². The monoisotopic (exact) mass is 311 g/mol. The first-order valence-electron chi connectivity index (χ1n) is 7.78. The number of amides is 1. The van der Waals surface area contributed by atoms with E-state index in [9.17, 15) is 9.90 Å². The number of aliphatic hydroxyl groups is 1. The summed E-state index contributed by atoms with van der Waals surface area (Å²) in [7, 11) is 1.56. The topological polar surface area (TPSA) is 58.6 Å². The lowest BCUT2D eigenvalue weighted by atomic mass is 10.0. The summed E-state index contributed by atoms with van der Waals surface area (Å²) in [6.45, 7) is 1.96. The van der Waals surface area contributed by atoms with Crippen LogP contribution in [0.4, 0.5) is 5.69 Å². The van der Waals surface area contributed by atoms with Gasteiger partial charge in [0.05, 0.1) is 13.7 Å². The highest BCUT2D eigenvalue weighted by molar-refractivity contribution is 5.95. The Balaban J connectivity index is 1.68. The average Bonchev–Trinajstić information content (AvgIpc) is 3.35. The summed E-state index contributed by atoms with van der Waals surface area (Å²) in [6.07, 6.45) is 0.889. The molecule has 0 saturated heterocycles. The summed E-state index contributed by atoms with van der Waals surface area (Å²) in [4.78, 5) is 12.4. The van der Waals surface area contributed by atoms with Gasteiger partial charge in [-0.1, -0.05) is 24.3 Å². The van der Waals surface area contributed by atoms with E-state index in [1.54, 1.807) is 25.3 Å². The van der Waals surface area contributed by atoms with Crippen LogP contribution < -0.4 is 10.1 Å². The second-order valence-corrected chi connectivity index (χ2v) is 5.98. The lowest BCUT2D eigenvalue weighted by molar-refractivity contribution is -0.117. The molecule has 0 radical (unpaired) electrons. The number of methoxy groups -OCH3 is 1. The molecule has 0 bridgehead atoms. The number of carbonyl (C=O) groups is 1. The first-order chi connectivity index (χ1) is 11.1. The van der Waals surface area contributed by atoms with Crippen LogP contribution in [0, 0.1) is 12.8 Å². The molecule has 1 aliphatic carbocycles. The van der Waals surface area contributed by atoms with Gasteiger partial charge in [-0.05, 0) is 48.6 Å². The Hall–Kier alpha value is -2.33. The smallest absolute Gasteiger partial charge is 0.228 e. The van der Waals surface area contributed by atoms with Gasteiger partial charge < -0.3 is 15.2 Å². The molecule has 1 saturated carbocycles. The second kappa shape index (κ2) is 6.42. The van der Waals surface area contributed by atoms with Crippen molar-refractivity contribution in [3.8, 4) is 5.75 Å². The van der Waals surface area contributed by atoms with Crippen LogP contribution in [0.25, 0.3) is 0 Å². The number of anilines is 1. The molecular weight excluding hydrogens is 290 g/mol. The molecular formula is C19H21NO3. The van der Waals surface area contributed by atoms with Crippen LogP contribution >= 0.6 is 0 Å². The Morgan fingerprint density at radius 2 is 2.09 bits per heavy atom.